The number of ether oxygens (including phenoxy) is 2. The Morgan fingerprint density at radius 2 is 1.19 bits per heavy atom. The van der Waals surface area contributed by atoms with Gasteiger partial charge in [0, 0.05) is 5.41 Å². The van der Waals surface area contributed by atoms with Gasteiger partial charge in [0.15, 0.2) is 5.78 Å². The minimum Gasteiger partial charge on any atom is -0.488 e. The molecule has 4 heteroatoms. The molecule has 2 aromatic rings. The minimum atomic E-state index is -0.0272. The predicted octanol–water partition coefficient (Wildman–Crippen LogP) is 3.81. The Kier molecular flexibility index (Phi) is 6.49. The van der Waals surface area contributed by atoms with Crippen LogP contribution < -0.4 is 14.4 Å². The number of nitrogens with one attached hydrogen (secondary N) is 1. The van der Waals surface area contributed by atoms with E-state index in [1.807, 2.05) is 60.7 Å². The average molecular weight is 435 g/mol. The van der Waals surface area contributed by atoms with Crippen LogP contribution in [0.1, 0.15) is 38.5 Å². The summed E-state index contributed by atoms with van der Waals surface area (Å²) in [4.78, 5) is 14.9. The Balaban J connectivity index is 1.19. The highest BCUT2D eigenvalue weighted by molar-refractivity contribution is 5.86. The Bertz CT molecular complexity index is 801. The number of Topliss-reactive ketones (excluding diaryl/α,β-unsaturated/α-hetero) is 1. The zero-order valence-corrected chi connectivity index (χ0v) is 19.0. The number of hydrogen-bond donors (Lipinski definition) is 1. The molecule has 0 spiro atoms. The van der Waals surface area contributed by atoms with E-state index in [1.165, 1.54) is 24.2 Å². The van der Waals surface area contributed by atoms with Gasteiger partial charge in [-0.3, -0.25) is 4.79 Å². The van der Waals surface area contributed by atoms with Crippen LogP contribution >= 0.6 is 0 Å². The van der Waals surface area contributed by atoms with E-state index in [9.17, 15) is 4.79 Å². The van der Waals surface area contributed by atoms with Crippen LogP contribution in [0, 0.1) is 23.2 Å². The van der Waals surface area contributed by atoms with Crippen LogP contribution in [0.3, 0.4) is 0 Å². The molecule has 4 saturated carbocycles. The molecule has 4 bridgehead atoms. The van der Waals surface area contributed by atoms with Crippen LogP contribution in [-0.2, 0) is 4.79 Å². The molecule has 0 aliphatic heterocycles. The van der Waals surface area contributed by atoms with Gasteiger partial charge in [0.2, 0.25) is 0 Å². The first kappa shape index (κ1) is 21.5. The van der Waals surface area contributed by atoms with Crippen molar-refractivity contribution in [1.29, 1.82) is 0 Å². The van der Waals surface area contributed by atoms with Gasteiger partial charge in [-0.25, -0.2) is 0 Å². The van der Waals surface area contributed by atoms with Crippen molar-refractivity contribution < 1.29 is 19.2 Å². The zero-order chi connectivity index (χ0) is 21.8. The van der Waals surface area contributed by atoms with E-state index in [0.29, 0.717) is 25.5 Å². The van der Waals surface area contributed by atoms with Gasteiger partial charge in [0.1, 0.15) is 44.3 Å². The molecule has 4 fully saturated rings. The fourth-order valence-corrected chi connectivity index (χ4v) is 6.83. The van der Waals surface area contributed by atoms with E-state index in [-0.39, 0.29) is 5.41 Å². The van der Waals surface area contributed by atoms with Crippen molar-refractivity contribution in [1.82, 2.24) is 0 Å². The number of hydrogen-bond acceptors (Lipinski definition) is 3. The van der Waals surface area contributed by atoms with E-state index >= 15 is 0 Å². The lowest BCUT2D eigenvalue weighted by Crippen LogP contribution is -3.14. The smallest absolute Gasteiger partial charge is 0.192 e. The quantitative estimate of drug-likeness (QED) is 0.585. The third-order valence-corrected chi connectivity index (χ3v) is 7.98. The first-order chi connectivity index (χ1) is 15.7. The molecule has 4 nitrogen and oxygen atoms in total. The highest BCUT2D eigenvalue weighted by atomic mass is 16.5. The van der Waals surface area contributed by atoms with E-state index in [4.69, 9.17) is 9.47 Å². The molecule has 1 N–H and O–H groups in total. The SMILES string of the molecule is O=C(C[NH+](CCOc1ccccc1)CCOc1ccccc1)C12CC3CC(CC(C3)C1)C2. The fraction of sp³-hybridized carbons (Fsp3) is 0.536. The summed E-state index contributed by atoms with van der Waals surface area (Å²) < 4.78 is 11.9. The molecule has 2 aromatic carbocycles. The van der Waals surface area contributed by atoms with Gasteiger partial charge in [0.25, 0.3) is 0 Å². The molecule has 0 atom stereocenters. The number of rotatable bonds is 11. The highest BCUT2D eigenvalue weighted by Crippen LogP contribution is 2.60. The van der Waals surface area contributed by atoms with Crippen molar-refractivity contribution in [2.75, 3.05) is 32.8 Å². The number of benzene rings is 2. The first-order valence-corrected chi connectivity index (χ1v) is 12.4. The zero-order valence-electron chi connectivity index (χ0n) is 19.0. The highest BCUT2D eigenvalue weighted by Gasteiger charge is 2.54. The number of para-hydroxylation sites is 2. The van der Waals surface area contributed by atoms with E-state index in [1.54, 1.807) is 0 Å². The Morgan fingerprint density at radius 3 is 1.62 bits per heavy atom. The molecule has 6 rings (SSSR count). The van der Waals surface area contributed by atoms with Gasteiger partial charge in [-0.2, -0.15) is 0 Å². The van der Waals surface area contributed by atoms with Crippen LogP contribution in [0.4, 0.5) is 0 Å². The molecule has 0 radical (unpaired) electrons. The summed E-state index contributed by atoms with van der Waals surface area (Å²) in [5, 5.41) is 0. The van der Waals surface area contributed by atoms with Crippen LogP contribution in [0.5, 0.6) is 11.5 Å². The second-order valence-corrected chi connectivity index (χ2v) is 10.4. The molecule has 0 aromatic heterocycles. The first-order valence-electron chi connectivity index (χ1n) is 12.4. The number of ketones is 1. The molecule has 0 unspecified atom stereocenters. The molecule has 0 heterocycles. The summed E-state index contributed by atoms with van der Waals surface area (Å²) in [7, 11) is 0. The lowest BCUT2D eigenvalue weighted by atomic mass is 9.48. The molecule has 0 saturated heterocycles. The lowest BCUT2D eigenvalue weighted by Gasteiger charge is -2.55. The summed E-state index contributed by atoms with van der Waals surface area (Å²) in [5.74, 6) is 4.69. The molecular formula is C28H36NO3+. The predicted molar refractivity (Wildman–Crippen MR) is 125 cm³/mol. The fourth-order valence-electron chi connectivity index (χ4n) is 6.83. The largest absolute Gasteiger partial charge is 0.488 e. The van der Waals surface area contributed by atoms with Gasteiger partial charge in [0.05, 0.1) is 0 Å². The number of carbonyl (C=O) groups excluding carboxylic acids is 1. The molecule has 0 amide bonds. The van der Waals surface area contributed by atoms with Crippen LogP contribution in [0.2, 0.25) is 0 Å². The summed E-state index contributed by atoms with van der Waals surface area (Å²) >= 11 is 0. The van der Waals surface area contributed by atoms with Crippen molar-refractivity contribution in [3.63, 3.8) is 0 Å². The van der Waals surface area contributed by atoms with Crippen molar-refractivity contribution in [2.24, 2.45) is 23.2 Å². The van der Waals surface area contributed by atoms with Crippen molar-refractivity contribution >= 4 is 5.78 Å². The maximum Gasteiger partial charge on any atom is 0.192 e. The molecular weight excluding hydrogens is 398 g/mol. The van der Waals surface area contributed by atoms with Gasteiger partial charge in [-0.1, -0.05) is 36.4 Å². The topological polar surface area (TPSA) is 40.0 Å². The second-order valence-electron chi connectivity index (χ2n) is 10.4. The minimum absolute atomic E-state index is 0.0272. The molecule has 32 heavy (non-hydrogen) atoms. The maximum absolute atomic E-state index is 13.7. The monoisotopic (exact) mass is 434 g/mol. The van der Waals surface area contributed by atoms with Gasteiger partial charge >= 0.3 is 0 Å². The molecule has 4 aliphatic carbocycles. The molecule has 170 valence electrons. The van der Waals surface area contributed by atoms with E-state index in [0.717, 1.165) is 61.6 Å². The Morgan fingerprint density at radius 1 is 0.750 bits per heavy atom. The van der Waals surface area contributed by atoms with Crippen molar-refractivity contribution in [2.45, 2.75) is 38.5 Å². The summed E-state index contributed by atoms with van der Waals surface area (Å²) in [5.41, 5.74) is -0.0272. The van der Waals surface area contributed by atoms with Crippen LogP contribution in [0.25, 0.3) is 0 Å². The third kappa shape index (κ3) is 5.01. The number of carbonyl (C=O) groups is 1. The standard InChI is InChI=1S/C28H35NO3/c30-27(28-18-22-15-23(19-28)17-24(16-22)20-28)21-29(11-13-31-25-7-3-1-4-8-25)12-14-32-26-9-5-2-6-10-26/h1-10,22-24H,11-21H2/p+1. The van der Waals surface area contributed by atoms with Crippen LogP contribution in [0.15, 0.2) is 60.7 Å². The van der Waals surface area contributed by atoms with Crippen molar-refractivity contribution in [3.05, 3.63) is 60.7 Å². The Hall–Kier alpha value is -2.33. The van der Waals surface area contributed by atoms with Gasteiger partial charge < -0.3 is 14.4 Å². The lowest BCUT2D eigenvalue weighted by molar-refractivity contribution is -0.892. The van der Waals surface area contributed by atoms with E-state index in [2.05, 4.69) is 0 Å². The summed E-state index contributed by atoms with van der Waals surface area (Å²) in [6.07, 6.45) is 7.56. The van der Waals surface area contributed by atoms with E-state index < -0.39 is 0 Å². The normalized spacial score (nSPS) is 28.1. The second kappa shape index (κ2) is 9.66. The average Bonchev–Trinajstić information content (AvgIpc) is 2.79. The summed E-state index contributed by atoms with van der Waals surface area (Å²) in [6, 6.07) is 19.9. The van der Waals surface area contributed by atoms with Gasteiger partial charge in [-0.15, -0.1) is 0 Å². The van der Waals surface area contributed by atoms with Crippen LogP contribution in [-0.4, -0.2) is 38.6 Å². The van der Waals surface area contributed by atoms with Gasteiger partial charge in [-0.05, 0) is 80.5 Å². The third-order valence-electron chi connectivity index (χ3n) is 7.98. The Labute approximate surface area is 191 Å². The molecule has 4 aliphatic rings. The van der Waals surface area contributed by atoms with Crippen molar-refractivity contribution in [3.8, 4) is 11.5 Å². The summed E-state index contributed by atoms with van der Waals surface area (Å²) in [6.45, 7) is 3.44. The maximum atomic E-state index is 13.7. The number of quaternary nitrogens is 1.